The summed E-state index contributed by atoms with van der Waals surface area (Å²) < 4.78 is 20.2. The standard InChI is InChI=1S/C17H14FNO2/c1-19-16-7-5-12(9-13(16)6-8-17(19)20)11-21-15-4-2-3-14(18)10-15/h2-10H,11H2,1H3. The second kappa shape index (κ2) is 5.40. The summed E-state index contributed by atoms with van der Waals surface area (Å²) in [4.78, 5) is 11.6. The number of benzene rings is 2. The van der Waals surface area contributed by atoms with E-state index >= 15 is 0 Å². The Balaban J connectivity index is 1.85. The van der Waals surface area contributed by atoms with E-state index in [1.54, 1.807) is 35.9 Å². The van der Waals surface area contributed by atoms with Crippen molar-refractivity contribution < 1.29 is 9.13 Å². The van der Waals surface area contributed by atoms with Gasteiger partial charge < -0.3 is 9.30 Å². The van der Waals surface area contributed by atoms with Gasteiger partial charge in [0.25, 0.3) is 5.56 Å². The maximum Gasteiger partial charge on any atom is 0.250 e. The van der Waals surface area contributed by atoms with Crippen LogP contribution < -0.4 is 10.3 Å². The molecule has 0 saturated carbocycles. The van der Waals surface area contributed by atoms with Crippen LogP contribution in [0.5, 0.6) is 5.75 Å². The first kappa shape index (κ1) is 13.4. The van der Waals surface area contributed by atoms with Gasteiger partial charge in [0, 0.05) is 19.2 Å². The van der Waals surface area contributed by atoms with E-state index in [4.69, 9.17) is 4.74 Å². The van der Waals surface area contributed by atoms with E-state index < -0.39 is 0 Å². The van der Waals surface area contributed by atoms with Crippen LogP contribution in [0.3, 0.4) is 0 Å². The number of halogens is 1. The molecule has 1 heterocycles. The minimum atomic E-state index is -0.319. The Hall–Kier alpha value is -2.62. The Labute approximate surface area is 121 Å². The van der Waals surface area contributed by atoms with Crippen molar-refractivity contribution >= 4 is 10.9 Å². The van der Waals surface area contributed by atoms with Crippen molar-refractivity contribution in [3.8, 4) is 5.75 Å². The second-order valence-corrected chi connectivity index (χ2v) is 4.87. The fraction of sp³-hybridized carbons (Fsp3) is 0.118. The number of rotatable bonds is 3. The highest BCUT2D eigenvalue weighted by Gasteiger charge is 2.02. The van der Waals surface area contributed by atoms with Crippen molar-refractivity contribution in [3.63, 3.8) is 0 Å². The molecule has 3 rings (SSSR count). The van der Waals surface area contributed by atoms with Crippen LogP contribution in [0.25, 0.3) is 10.9 Å². The van der Waals surface area contributed by atoms with Crippen LogP contribution in [-0.2, 0) is 13.7 Å². The topological polar surface area (TPSA) is 31.2 Å². The van der Waals surface area contributed by atoms with Crippen molar-refractivity contribution in [1.29, 1.82) is 0 Å². The molecule has 4 heteroatoms. The summed E-state index contributed by atoms with van der Waals surface area (Å²) in [5, 5.41) is 0.970. The van der Waals surface area contributed by atoms with Crippen LogP contribution in [0.1, 0.15) is 5.56 Å². The lowest BCUT2D eigenvalue weighted by molar-refractivity contribution is 0.305. The first-order valence-corrected chi connectivity index (χ1v) is 6.60. The summed E-state index contributed by atoms with van der Waals surface area (Å²) >= 11 is 0. The van der Waals surface area contributed by atoms with Gasteiger partial charge in [0.1, 0.15) is 18.2 Å². The van der Waals surface area contributed by atoms with E-state index in [1.165, 1.54) is 12.1 Å². The Morgan fingerprint density at radius 3 is 2.76 bits per heavy atom. The normalized spacial score (nSPS) is 10.8. The molecule has 0 aliphatic carbocycles. The third-order valence-electron chi connectivity index (χ3n) is 3.39. The average molecular weight is 283 g/mol. The maximum absolute atomic E-state index is 13.1. The summed E-state index contributed by atoms with van der Waals surface area (Å²) in [5.41, 5.74) is 1.80. The van der Waals surface area contributed by atoms with Crippen molar-refractivity contribution in [2.75, 3.05) is 0 Å². The van der Waals surface area contributed by atoms with Gasteiger partial charge >= 0.3 is 0 Å². The van der Waals surface area contributed by atoms with Gasteiger partial charge in [0.05, 0.1) is 5.52 Å². The molecule has 0 bridgehead atoms. The van der Waals surface area contributed by atoms with Crippen LogP contribution in [0.4, 0.5) is 4.39 Å². The monoisotopic (exact) mass is 283 g/mol. The highest BCUT2D eigenvalue weighted by molar-refractivity contribution is 5.79. The maximum atomic E-state index is 13.1. The largest absolute Gasteiger partial charge is 0.489 e. The molecule has 0 aliphatic rings. The number of pyridine rings is 1. The number of fused-ring (bicyclic) bond motifs is 1. The van der Waals surface area contributed by atoms with E-state index in [0.29, 0.717) is 12.4 Å². The predicted molar refractivity (Wildman–Crippen MR) is 79.9 cm³/mol. The Morgan fingerprint density at radius 1 is 1.10 bits per heavy atom. The van der Waals surface area contributed by atoms with Gasteiger partial charge in [-0.15, -0.1) is 0 Å². The van der Waals surface area contributed by atoms with E-state index in [-0.39, 0.29) is 11.4 Å². The highest BCUT2D eigenvalue weighted by atomic mass is 19.1. The first-order chi connectivity index (χ1) is 10.1. The molecule has 0 radical (unpaired) electrons. The third-order valence-corrected chi connectivity index (χ3v) is 3.39. The molecule has 0 amide bonds. The lowest BCUT2D eigenvalue weighted by Crippen LogP contribution is -2.15. The molecule has 106 valence electrons. The summed E-state index contributed by atoms with van der Waals surface area (Å²) in [7, 11) is 1.74. The van der Waals surface area contributed by atoms with Gasteiger partial charge in [-0.25, -0.2) is 4.39 Å². The van der Waals surface area contributed by atoms with E-state index in [2.05, 4.69) is 0 Å². The van der Waals surface area contributed by atoms with E-state index in [9.17, 15) is 9.18 Å². The zero-order valence-electron chi connectivity index (χ0n) is 11.5. The lowest BCUT2D eigenvalue weighted by atomic mass is 10.1. The van der Waals surface area contributed by atoms with Gasteiger partial charge in [0.2, 0.25) is 0 Å². The summed E-state index contributed by atoms with van der Waals surface area (Å²) in [6.45, 7) is 0.349. The van der Waals surface area contributed by atoms with Crippen LogP contribution in [-0.4, -0.2) is 4.57 Å². The molecule has 2 aromatic carbocycles. The summed E-state index contributed by atoms with van der Waals surface area (Å²) in [5.74, 6) is 0.177. The number of nitrogens with zero attached hydrogens (tertiary/aromatic N) is 1. The number of aryl methyl sites for hydroxylation is 1. The molecule has 3 aromatic rings. The first-order valence-electron chi connectivity index (χ1n) is 6.60. The summed E-state index contributed by atoms with van der Waals surface area (Å²) in [6, 6.07) is 15.2. The number of hydrogen-bond donors (Lipinski definition) is 0. The van der Waals surface area contributed by atoms with Crippen molar-refractivity contribution in [3.05, 3.63) is 76.3 Å². The lowest BCUT2D eigenvalue weighted by Gasteiger charge is -2.09. The zero-order valence-corrected chi connectivity index (χ0v) is 11.5. The van der Waals surface area contributed by atoms with Crippen molar-refractivity contribution in [2.45, 2.75) is 6.61 Å². The zero-order chi connectivity index (χ0) is 14.8. The van der Waals surface area contributed by atoms with Crippen LogP contribution in [0, 0.1) is 5.82 Å². The predicted octanol–water partition coefficient (Wildman–Crippen LogP) is 3.26. The van der Waals surface area contributed by atoms with Crippen LogP contribution in [0.15, 0.2) is 59.4 Å². The minimum absolute atomic E-state index is 0.0359. The molecule has 21 heavy (non-hydrogen) atoms. The van der Waals surface area contributed by atoms with Gasteiger partial charge in [-0.05, 0) is 41.3 Å². The number of hydrogen-bond acceptors (Lipinski definition) is 2. The molecule has 3 nitrogen and oxygen atoms in total. The van der Waals surface area contributed by atoms with E-state index in [1.807, 2.05) is 18.2 Å². The molecular weight excluding hydrogens is 269 g/mol. The minimum Gasteiger partial charge on any atom is -0.489 e. The number of aromatic nitrogens is 1. The third kappa shape index (κ3) is 2.79. The molecular formula is C17H14FNO2. The number of ether oxygens (including phenoxy) is 1. The Kier molecular flexibility index (Phi) is 3.44. The Morgan fingerprint density at radius 2 is 1.95 bits per heavy atom. The molecule has 0 aliphatic heterocycles. The summed E-state index contributed by atoms with van der Waals surface area (Å²) in [6.07, 6.45) is 0. The highest BCUT2D eigenvalue weighted by Crippen LogP contribution is 2.17. The molecule has 0 unspecified atom stereocenters. The molecule has 0 N–H and O–H groups in total. The fourth-order valence-corrected chi connectivity index (χ4v) is 2.25. The SMILES string of the molecule is Cn1c(=O)ccc2cc(COc3cccc(F)c3)ccc21. The molecule has 1 aromatic heterocycles. The van der Waals surface area contributed by atoms with Crippen LogP contribution in [0.2, 0.25) is 0 Å². The molecule has 0 spiro atoms. The van der Waals surface area contributed by atoms with Gasteiger partial charge in [-0.2, -0.15) is 0 Å². The second-order valence-electron chi connectivity index (χ2n) is 4.87. The quantitative estimate of drug-likeness (QED) is 0.739. The van der Waals surface area contributed by atoms with E-state index in [0.717, 1.165) is 16.5 Å². The van der Waals surface area contributed by atoms with Gasteiger partial charge in [0.15, 0.2) is 0 Å². The van der Waals surface area contributed by atoms with Gasteiger partial charge in [-0.3, -0.25) is 4.79 Å². The average Bonchev–Trinajstić information content (AvgIpc) is 2.49. The molecule has 0 saturated heterocycles. The van der Waals surface area contributed by atoms with Crippen molar-refractivity contribution in [1.82, 2.24) is 4.57 Å². The molecule has 0 atom stereocenters. The van der Waals surface area contributed by atoms with Crippen molar-refractivity contribution in [2.24, 2.45) is 7.05 Å². The smallest absolute Gasteiger partial charge is 0.250 e. The fourth-order valence-electron chi connectivity index (χ4n) is 2.25. The van der Waals surface area contributed by atoms with Gasteiger partial charge in [-0.1, -0.05) is 12.1 Å². The molecule has 0 fully saturated rings. The van der Waals surface area contributed by atoms with Crippen LogP contribution >= 0.6 is 0 Å². The Bertz CT molecular complexity index is 855.